The Kier molecular flexibility index (Phi) is 6.54. The SMILES string of the molecule is C=CC(=O)Nc1ccc(-c2nn(CCN(C(=O)C=C)c3ccccc3)c3ncnc(N)c23)cc1O. The Bertz CT molecular complexity index is 1430. The second kappa shape index (κ2) is 9.87. The highest BCUT2D eigenvalue weighted by molar-refractivity contribution is 6.02. The van der Waals surface area contributed by atoms with Gasteiger partial charge in [-0.05, 0) is 36.4 Å². The Morgan fingerprint density at radius 2 is 1.89 bits per heavy atom. The fourth-order valence-corrected chi connectivity index (χ4v) is 3.64. The first kappa shape index (κ1) is 23.2. The van der Waals surface area contributed by atoms with Gasteiger partial charge in [0.15, 0.2) is 5.65 Å². The van der Waals surface area contributed by atoms with Gasteiger partial charge >= 0.3 is 0 Å². The third-order valence-electron chi connectivity index (χ3n) is 5.32. The number of phenolic OH excluding ortho intramolecular Hbond substituents is 1. The van der Waals surface area contributed by atoms with Crippen molar-refractivity contribution < 1.29 is 14.7 Å². The highest BCUT2D eigenvalue weighted by Crippen LogP contribution is 2.34. The van der Waals surface area contributed by atoms with Crippen LogP contribution in [0.1, 0.15) is 0 Å². The Labute approximate surface area is 201 Å². The maximum absolute atomic E-state index is 12.5. The van der Waals surface area contributed by atoms with Crippen LogP contribution in [0.2, 0.25) is 0 Å². The van der Waals surface area contributed by atoms with E-state index in [4.69, 9.17) is 5.73 Å². The predicted molar refractivity (Wildman–Crippen MR) is 135 cm³/mol. The van der Waals surface area contributed by atoms with E-state index in [1.165, 1.54) is 18.5 Å². The van der Waals surface area contributed by atoms with Crippen LogP contribution in [0.5, 0.6) is 5.75 Å². The molecule has 0 bridgehead atoms. The Hall–Kier alpha value is -4.99. The number of nitrogens with two attached hydrogens (primary N) is 1. The van der Waals surface area contributed by atoms with Crippen molar-refractivity contribution in [2.24, 2.45) is 0 Å². The van der Waals surface area contributed by atoms with Crippen molar-refractivity contribution in [3.05, 3.63) is 80.2 Å². The molecule has 4 aromatic rings. The second-order valence-electron chi connectivity index (χ2n) is 7.48. The van der Waals surface area contributed by atoms with Gasteiger partial charge in [-0.1, -0.05) is 37.4 Å². The monoisotopic (exact) mass is 469 g/mol. The molecule has 0 spiro atoms. The molecule has 176 valence electrons. The van der Waals surface area contributed by atoms with Gasteiger partial charge in [-0.3, -0.25) is 9.59 Å². The van der Waals surface area contributed by atoms with Gasteiger partial charge < -0.3 is 21.1 Å². The van der Waals surface area contributed by atoms with E-state index in [1.807, 2.05) is 30.3 Å². The van der Waals surface area contributed by atoms with Gasteiger partial charge in [-0.2, -0.15) is 5.10 Å². The minimum Gasteiger partial charge on any atom is -0.506 e. The number of aromatic nitrogens is 4. The third-order valence-corrected chi connectivity index (χ3v) is 5.32. The first-order valence-corrected chi connectivity index (χ1v) is 10.7. The molecule has 0 saturated heterocycles. The highest BCUT2D eigenvalue weighted by atomic mass is 16.3. The number of hydrogen-bond acceptors (Lipinski definition) is 7. The number of anilines is 3. The maximum atomic E-state index is 12.5. The van der Waals surface area contributed by atoms with Crippen LogP contribution in [-0.2, 0) is 16.1 Å². The number of phenols is 1. The summed E-state index contributed by atoms with van der Waals surface area (Å²) < 4.78 is 1.64. The van der Waals surface area contributed by atoms with E-state index < -0.39 is 5.91 Å². The third kappa shape index (κ3) is 4.71. The van der Waals surface area contributed by atoms with E-state index in [0.29, 0.717) is 35.4 Å². The summed E-state index contributed by atoms with van der Waals surface area (Å²) in [5.41, 5.74) is 8.60. The number of hydrogen-bond donors (Lipinski definition) is 3. The summed E-state index contributed by atoms with van der Waals surface area (Å²) in [5, 5.41) is 18.2. The predicted octanol–water partition coefficient (Wildman–Crippen LogP) is 3.12. The van der Waals surface area contributed by atoms with Gasteiger partial charge in [-0.15, -0.1) is 0 Å². The van der Waals surface area contributed by atoms with E-state index >= 15 is 0 Å². The summed E-state index contributed by atoms with van der Waals surface area (Å²) in [5.74, 6) is -0.619. The average molecular weight is 470 g/mol. The Morgan fingerprint density at radius 1 is 1.11 bits per heavy atom. The fourth-order valence-electron chi connectivity index (χ4n) is 3.64. The number of nitrogen functional groups attached to an aromatic ring is 1. The molecule has 2 aromatic carbocycles. The molecule has 0 saturated carbocycles. The molecule has 0 fully saturated rings. The van der Waals surface area contributed by atoms with Crippen molar-refractivity contribution in [2.45, 2.75) is 6.54 Å². The topological polar surface area (TPSA) is 139 Å². The number of aromatic hydroxyl groups is 1. The Balaban J connectivity index is 1.71. The van der Waals surface area contributed by atoms with Gasteiger partial charge in [-0.25, -0.2) is 14.6 Å². The number of nitrogens with one attached hydrogen (secondary N) is 1. The minimum atomic E-state index is -0.447. The van der Waals surface area contributed by atoms with Gasteiger partial charge in [0.1, 0.15) is 23.6 Å². The van der Waals surface area contributed by atoms with E-state index in [1.54, 1.807) is 21.7 Å². The lowest BCUT2D eigenvalue weighted by molar-refractivity contribution is -0.114. The zero-order valence-electron chi connectivity index (χ0n) is 18.8. The summed E-state index contributed by atoms with van der Waals surface area (Å²) >= 11 is 0. The summed E-state index contributed by atoms with van der Waals surface area (Å²) in [6, 6.07) is 14.0. The largest absolute Gasteiger partial charge is 0.506 e. The van der Waals surface area contributed by atoms with Gasteiger partial charge in [0.25, 0.3) is 0 Å². The second-order valence-corrected chi connectivity index (χ2v) is 7.48. The zero-order chi connectivity index (χ0) is 24.9. The summed E-state index contributed by atoms with van der Waals surface area (Å²) in [4.78, 5) is 34.1. The van der Waals surface area contributed by atoms with Crippen LogP contribution >= 0.6 is 0 Å². The molecule has 2 heterocycles. The van der Waals surface area contributed by atoms with E-state index in [2.05, 4.69) is 33.5 Å². The molecule has 4 rings (SSSR count). The molecule has 0 aliphatic heterocycles. The molecule has 10 nitrogen and oxygen atoms in total. The molecule has 2 amide bonds. The quantitative estimate of drug-likeness (QED) is 0.266. The number of fused-ring (bicyclic) bond motifs is 1. The number of benzene rings is 2. The molecule has 2 aromatic heterocycles. The van der Waals surface area contributed by atoms with Crippen molar-refractivity contribution in [2.75, 3.05) is 22.5 Å². The van der Waals surface area contributed by atoms with E-state index in [0.717, 1.165) is 11.8 Å². The normalized spacial score (nSPS) is 10.6. The summed E-state index contributed by atoms with van der Waals surface area (Å²) in [7, 11) is 0. The van der Waals surface area contributed by atoms with Gasteiger partial charge in [0, 0.05) is 17.8 Å². The number of carbonyl (C=O) groups excluding carboxylic acids is 2. The van der Waals surface area contributed by atoms with Crippen LogP contribution in [-0.4, -0.2) is 43.2 Å². The molecule has 0 aliphatic rings. The van der Waals surface area contributed by atoms with Crippen LogP contribution in [0.15, 0.2) is 80.2 Å². The molecular formula is C25H23N7O3. The van der Waals surface area contributed by atoms with Gasteiger partial charge in [0.05, 0.1) is 17.6 Å². The molecular weight excluding hydrogens is 446 g/mol. The molecule has 35 heavy (non-hydrogen) atoms. The molecule has 4 N–H and O–H groups in total. The highest BCUT2D eigenvalue weighted by Gasteiger charge is 2.20. The van der Waals surface area contributed by atoms with Crippen molar-refractivity contribution in [1.82, 2.24) is 19.7 Å². The number of amides is 2. The molecule has 0 aliphatic carbocycles. The van der Waals surface area contributed by atoms with Crippen LogP contribution in [0, 0.1) is 0 Å². The summed E-state index contributed by atoms with van der Waals surface area (Å²) in [6.45, 7) is 7.60. The standard InChI is InChI=1S/C25H23N7O3/c1-3-20(34)29-18-11-10-16(14-19(18)33)23-22-24(26)27-15-28-25(22)32(30-23)13-12-31(21(35)4-2)17-8-6-5-7-9-17/h3-11,14-15,33H,1-2,12-13H2,(H,29,34)(H2,26,27,28). The molecule has 10 heteroatoms. The number of para-hydroxylation sites is 1. The number of rotatable bonds is 8. The van der Waals surface area contributed by atoms with Crippen molar-refractivity contribution in [3.63, 3.8) is 0 Å². The smallest absolute Gasteiger partial charge is 0.250 e. The van der Waals surface area contributed by atoms with Crippen LogP contribution in [0.4, 0.5) is 17.2 Å². The van der Waals surface area contributed by atoms with Crippen molar-refractivity contribution >= 4 is 40.0 Å². The maximum Gasteiger partial charge on any atom is 0.250 e. The van der Waals surface area contributed by atoms with Crippen molar-refractivity contribution in [1.29, 1.82) is 0 Å². The number of carbonyl (C=O) groups is 2. The average Bonchev–Trinajstić information content (AvgIpc) is 3.25. The van der Waals surface area contributed by atoms with E-state index in [-0.39, 0.29) is 23.2 Å². The molecule has 0 radical (unpaired) electrons. The summed E-state index contributed by atoms with van der Waals surface area (Å²) in [6.07, 6.45) is 3.71. The molecule has 0 unspecified atom stereocenters. The lowest BCUT2D eigenvalue weighted by atomic mass is 10.1. The van der Waals surface area contributed by atoms with Crippen LogP contribution < -0.4 is 16.0 Å². The van der Waals surface area contributed by atoms with Crippen LogP contribution in [0.3, 0.4) is 0 Å². The first-order chi connectivity index (χ1) is 16.9. The Morgan fingerprint density at radius 3 is 2.57 bits per heavy atom. The zero-order valence-corrected chi connectivity index (χ0v) is 18.8. The minimum absolute atomic E-state index is 0.150. The van der Waals surface area contributed by atoms with Crippen molar-refractivity contribution in [3.8, 4) is 17.0 Å². The fraction of sp³-hybridized carbons (Fsp3) is 0.0800. The number of nitrogens with zero attached hydrogens (tertiary/aromatic N) is 5. The van der Waals surface area contributed by atoms with Gasteiger partial charge in [0.2, 0.25) is 11.8 Å². The van der Waals surface area contributed by atoms with Crippen LogP contribution in [0.25, 0.3) is 22.3 Å². The first-order valence-electron chi connectivity index (χ1n) is 10.7. The van der Waals surface area contributed by atoms with E-state index in [9.17, 15) is 14.7 Å². The lowest BCUT2D eigenvalue weighted by Gasteiger charge is -2.21. The lowest BCUT2D eigenvalue weighted by Crippen LogP contribution is -2.32. The molecule has 0 atom stereocenters.